The van der Waals surface area contributed by atoms with E-state index < -0.39 is 11.5 Å². The molecule has 17 heavy (non-hydrogen) atoms. The van der Waals surface area contributed by atoms with E-state index in [0.29, 0.717) is 13.1 Å². The molecule has 0 spiro atoms. The van der Waals surface area contributed by atoms with Gasteiger partial charge in [0.2, 0.25) is 0 Å². The van der Waals surface area contributed by atoms with E-state index in [1.54, 1.807) is 4.90 Å². The van der Waals surface area contributed by atoms with Crippen molar-refractivity contribution in [1.82, 2.24) is 10.2 Å². The van der Waals surface area contributed by atoms with E-state index in [1.165, 1.54) is 13.8 Å². The fourth-order valence-electron chi connectivity index (χ4n) is 1.74. The fourth-order valence-corrected chi connectivity index (χ4v) is 1.74. The number of carboxylic acid groups (broad SMARTS) is 1. The molecule has 6 nitrogen and oxygen atoms in total. The Labute approximate surface area is 101 Å². The van der Waals surface area contributed by atoms with Gasteiger partial charge in [0.1, 0.15) is 5.54 Å². The van der Waals surface area contributed by atoms with Gasteiger partial charge >= 0.3 is 12.0 Å². The molecule has 1 heterocycles. The lowest BCUT2D eigenvalue weighted by molar-refractivity contribution is -0.143. The summed E-state index contributed by atoms with van der Waals surface area (Å²) in [5.74, 6) is -1.06. The first-order valence-corrected chi connectivity index (χ1v) is 5.68. The molecule has 0 radical (unpaired) electrons. The van der Waals surface area contributed by atoms with Gasteiger partial charge in [-0.05, 0) is 27.7 Å². The SMILES string of the molecule is C[C@@H]1CN(C(=O)NC(C)(C)C(=O)O)C[C@H](C)O1. The molecule has 0 unspecified atom stereocenters. The molecule has 1 fully saturated rings. The maximum absolute atomic E-state index is 11.9. The number of carboxylic acids is 1. The summed E-state index contributed by atoms with van der Waals surface area (Å²) in [5.41, 5.74) is -1.26. The van der Waals surface area contributed by atoms with E-state index in [4.69, 9.17) is 9.84 Å². The largest absolute Gasteiger partial charge is 0.480 e. The van der Waals surface area contributed by atoms with Crippen molar-refractivity contribution in [2.24, 2.45) is 0 Å². The summed E-state index contributed by atoms with van der Waals surface area (Å²) < 4.78 is 5.51. The Kier molecular flexibility index (Phi) is 3.98. The van der Waals surface area contributed by atoms with Gasteiger partial charge in [-0.1, -0.05) is 0 Å². The van der Waals surface area contributed by atoms with Crippen molar-refractivity contribution in [1.29, 1.82) is 0 Å². The first-order valence-electron chi connectivity index (χ1n) is 5.68. The van der Waals surface area contributed by atoms with Crippen LogP contribution in [0.4, 0.5) is 4.79 Å². The average molecular weight is 244 g/mol. The Morgan fingerprint density at radius 2 is 1.76 bits per heavy atom. The number of nitrogens with one attached hydrogen (secondary N) is 1. The normalized spacial score (nSPS) is 25.5. The highest BCUT2D eigenvalue weighted by Gasteiger charge is 2.33. The third-order valence-corrected chi connectivity index (χ3v) is 2.66. The number of nitrogens with zero attached hydrogens (tertiary/aromatic N) is 1. The predicted molar refractivity (Wildman–Crippen MR) is 61.8 cm³/mol. The summed E-state index contributed by atoms with van der Waals surface area (Å²) in [6.07, 6.45) is -0.0603. The second kappa shape index (κ2) is 4.91. The van der Waals surface area contributed by atoms with Gasteiger partial charge < -0.3 is 20.1 Å². The molecule has 98 valence electrons. The van der Waals surface area contributed by atoms with Crippen molar-refractivity contribution in [3.8, 4) is 0 Å². The number of urea groups is 1. The van der Waals surface area contributed by atoms with E-state index in [0.717, 1.165) is 0 Å². The van der Waals surface area contributed by atoms with Crippen molar-refractivity contribution in [2.45, 2.75) is 45.4 Å². The molecule has 1 aliphatic rings. The highest BCUT2D eigenvalue weighted by atomic mass is 16.5. The number of amides is 2. The van der Waals surface area contributed by atoms with Crippen LogP contribution in [-0.4, -0.2) is 52.8 Å². The van der Waals surface area contributed by atoms with Crippen LogP contribution in [-0.2, 0) is 9.53 Å². The molecule has 0 aromatic carbocycles. The van der Waals surface area contributed by atoms with Gasteiger partial charge in [-0.25, -0.2) is 9.59 Å². The second-order valence-corrected chi connectivity index (χ2v) is 5.02. The molecule has 2 atom stereocenters. The minimum absolute atomic E-state index is 0.0301. The van der Waals surface area contributed by atoms with Gasteiger partial charge in [0.15, 0.2) is 0 Å². The van der Waals surface area contributed by atoms with Gasteiger partial charge in [0.05, 0.1) is 12.2 Å². The zero-order valence-electron chi connectivity index (χ0n) is 10.7. The number of carbonyl (C=O) groups excluding carboxylic acids is 1. The van der Waals surface area contributed by atoms with E-state index in [9.17, 15) is 9.59 Å². The summed E-state index contributed by atoms with van der Waals surface area (Å²) >= 11 is 0. The average Bonchev–Trinajstić information content (AvgIpc) is 2.15. The zero-order chi connectivity index (χ0) is 13.2. The van der Waals surface area contributed by atoms with Crippen LogP contribution in [0.3, 0.4) is 0 Å². The molecule has 1 aliphatic heterocycles. The van der Waals surface area contributed by atoms with Crippen molar-refractivity contribution in [2.75, 3.05) is 13.1 Å². The van der Waals surface area contributed by atoms with Crippen LogP contribution >= 0.6 is 0 Å². The Hall–Kier alpha value is -1.30. The Morgan fingerprint density at radius 1 is 1.29 bits per heavy atom. The molecular formula is C11H20N2O4. The van der Waals surface area contributed by atoms with Gasteiger partial charge in [-0.15, -0.1) is 0 Å². The van der Waals surface area contributed by atoms with Crippen LogP contribution in [0.2, 0.25) is 0 Å². The minimum atomic E-state index is -1.26. The lowest BCUT2D eigenvalue weighted by atomic mass is 10.1. The molecule has 6 heteroatoms. The van der Waals surface area contributed by atoms with E-state index in [-0.39, 0.29) is 18.2 Å². The maximum Gasteiger partial charge on any atom is 0.328 e. The highest BCUT2D eigenvalue weighted by molar-refractivity contribution is 5.85. The molecule has 0 aromatic rings. The number of hydrogen-bond donors (Lipinski definition) is 2. The molecule has 0 saturated carbocycles. The van der Waals surface area contributed by atoms with Gasteiger partial charge in [0.25, 0.3) is 0 Å². The number of aliphatic carboxylic acids is 1. The molecule has 2 N–H and O–H groups in total. The summed E-state index contributed by atoms with van der Waals surface area (Å²) in [5, 5.41) is 11.4. The molecule has 0 bridgehead atoms. The standard InChI is InChI=1S/C11H20N2O4/c1-7-5-13(6-8(2)17-7)10(16)12-11(3,4)9(14)15/h7-8H,5-6H2,1-4H3,(H,12,16)(H,14,15)/t7-,8+. The van der Waals surface area contributed by atoms with Crippen LogP contribution in [0, 0.1) is 0 Å². The van der Waals surface area contributed by atoms with Crippen LogP contribution in [0.5, 0.6) is 0 Å². The predicted octanol–water partition coefficient (Wildman–Crippen LogP) is 0.668. The number of rotatable bonds is 2. The zero-order valence-corrected chi connectivity index (χ0v) is 10.7. The highest BCUT2D eigenvalue weighted by Crippen LogP contribution is 2.12. The first kappa shape index (κ1) is 13.8. The number of morpholine rings is 1. The van der Waals surface area contributed by atoms with E-state index >= 15 is 0 Å². The lowest BCUT2D eigenvalue weighted by Gasteiger charge is -2.36. The van der Waals surface area contributed by atoms with Crippen LogP contribution in [0.25, 0.3) is 0 Å². The molecule has 0 aliphatic carbocycles. The van der Waals surface area contributed by atoms with Crippen LogP contribution in [0.15, 0.2) is 0 Å². The maximum atomic E-state index is 11.9. The fraction of sp³-hybridized carbons (Fsp3) is 0.818. The summed E-state index contributed by atoms with van der Waals surface area (Å²) in [6.45, 7) is 7.65. The van der Waals surface area contributed by atoms with Crippen molar-refractivity contribution in [3.05, 3.63) is 0 Å². The third kappa shape index (κ3) is 3.59. The van der Waals surface area contributed by atoms with E-state index in [1.807, 2.05) is 13.8 Å². The van der Waals surface area contributed by atoms with Crippen molar-refractivity contribution < 1.29 is 19.4 Å². The number of ether oxygens (including phenoxy) is 1. The Morgan fingerprint density at radius 3 is 2.18 bits per heavy atom. The summed E-state index contributed by atoms with van der Waals surface area (Å²) in [4.78, 5) is 24.4. The molecular weight excluding hydrogens is 224 g/mol. The smallest absolute Gasteiger partial charge is 0.328 e. The Balaban J connectivity index is 2.61. The monoisotopic (exact) mass is 244 g/mol. The second-order valence-electron chi connectivity index (χ2n) is 5.02. The minimum Gasteiger partial charge on any atom is -0.480 e. The molecule has 2 amide bonds. The first-order chi connectivity index (χ1) is 7.72. The number of carbonyl (C=O) groups is 2. The van der Waals surface area contributed by atoms with Crippen LogP contribution in [0.1, 0.15) is 27.7 Å². The molecule has 1 rings (SSSR count). The molecule has 1 saturated heterocycles. The quantitative estimate of drug-likeness (QED) is 0.748. The van der Waals surface area contributed by atoms with Crippen molar-refractivity contribution in [3.63, 3.8) is 0 Å². The molecule has 0 aromatic heterocycles. The van der Waals surface area contributed by atoms with Crippen LogP contribution < -0.4 is 5.32 Å². The number of hydrogen-bond acceptors (Lipinski definition) is 3. The van der Waals surface area contributed by atoms with Gasteiger partial charge in [0, 0.05) is 13.1 Å². The summed E-state index contributed by atoms with van der Waals surface area (Å²) in [7, 11) is 0. The Bertz CT molecular complexity index is 307. The summed E-state index contributed by atoms with van der Waals surface area (Å²) in [6, 6.07) is -0.362. The van der Waals surface area contributed by atoms with Gasteiger partial charge in [-0.3, -0.25) is 0 Å². The van der Waals surface area contributed by atoms with Crippen molar-refractivity contribution >= 4 is 12.0 Å². The van der Waals surface area contributed by atoms with Gasteiger partial charge in [-0.2, -0.15) is 0 Å². The lowest BCUT2D eigenvalue weighted by Crippen LogP contribution is -2.58. The van der Waals surface area contributed by atoms with E-state index in [2.05, 4.69) is 5.32 Å². The topological polar surface area (TPSA) is 78.9 Å². The third-order valence-electron chi connectivity index (χ3n) is 2.66.